The molecule has 0 aliphatic heterocycles. The summed E-state index contributed by atoms with van der Waals surface area (Å²) in [4.78, 5) is 12.5. The van der Waals surface area contributed by atoms with Crippen LogP contribution in [0.1, 0.15) is 12.0 Å². The van der Waals surface area contributed by atoms with Crippen LogP contribution in [0.3, 0.4) is 0 Å². The number of sulfonamides is 1. The standard InChI is InChI=1S/C16H19FN2O3S3/c1-11-5-6-12(10-13(11)17)18-16(20)14(7-9-23-2)19-25(21,22)15-4-3-8-24-15/h3-6,8,10,14,19H,7,9H2,1-2H3,(H,18,20)/t14-/m0/s1. The molecule has 9 heteroatoms. The molecule has 136 valence electrons. The van der Waals surface area contributed by atoms with E-state index in [2.05, 4.69) is 10.0 Å². The number of nitrogens with one attached hydrogen (secondary N) is 2. The second-order valence-corrected chi connectivity index (χ2v) is 9.21. The van der Waals surface area contributed by atoms with E-state index in [0.29, 0.717) is 17.7 Å². The maximum absolute atomic E-state index is 13.6. The molecule has 1 aromatic heterocycles. The number of carbonyl (C=O) groups excluding carboxylic acids is 1. The molecule has 1 heterocycles. The highest BCUT2D eigenvalue weighted by molar-refractivity contribution is 7.98. The number of carbonyl (C=O) groups is 1. The fourth-order valence-electron chi connectivity index (χ4n) is 2.04. The molecule has 0 spiro atoms. The van der Waals surface area contributed by atoms with Crippen molar-refractivity contribution in [3.8, 4) is 0 Å². The minimum absolute atomic E-state index is 0.149. The van der Waals surface area contributed by atoms with Crippen LogP contribution in [0, 0.1) is 12.7 Å². The average molecular weight is 403 g/mol. The van der Waals surface area contributed by atoms with Gasteiger partial charge in [-0.25, -0.2) is 12.8 Å². The second-order valence-electron chi connectivity index (χ2n) is 5.34. The molecule has 25 heavy (non-hydrogen) atoms. The van der Waals surface area contributed by atoms with Crippen LogP contribution in [0.4, 0.5) is 10.1 Å². The highest BCUT2D eigenvalue weighted by Gasteiger charge is 2.26. The van der Waals surface area contributed by atoms with E-state index >= 15 is 0 Å². The van der Waals surface area contributed by atoms with Gasteiger partial charge >= 0.3 is 0 Å². The Morgan fingerprint density at radius 3 is 2.72 bits per heavy atom. The van der Waals surface area contributed by atoms with Crippen molar-refractivity contribution in [3.63, 3.8) is 0 Å². The molecule has 1 atom stereocenters. The quantitative estimate of drug-likeness (QED) is 0.711. The Hall–Kier alpha value is -1.42. The fraction of sp³-hybridized carbons (Fsp3) is 0.312. The third-order valence-corrected chi connectivity index (χ3v) is 6.94. The SMILES string of the molecule is CSCC[C@H](NS(=O)(=O)c1cccs1)C(=O)Nc1ccc(C)c(F)c1. The van der Waals surface area contributed by atoms with Crippen LogP contribution >= 0.6 is 23.1 Å². The van der Waals surface area contributed by atoms with Crippen LogP contribution < -0.4 is 10.0 Å². The summed E-state index contributed by atoms with van der Waals surface area (Å²) in [6, 6.07) is 6.51. The zero-order valence-corrected chi connectivity index (χ0v) is 16.2. The van der Waals surface area contributed by atoms with Crippen molar-refractivity contribution in [3.05, 3.63) is 47.1 Å². The minimum atomic E-state index is -3.77. The molecular weight excluding hydrogens is 383 g/mol. The Bertz CT molecular complexity index is 823. The van der Waals surface area contributed by atoms with Gasteiger partial charge in [0.2, 0.25) is 5.91 Å². The third-order valence-electron chi connectivity index (χ3n) is 3.42. The predicted octanol–water partition coefficient (Wildman–Crippen LogP) is 3.23. The van der Waals surface area contributed by atoms with Gasteiger partial charge in [-0.2, -0.15) is 16.5 Å². The average Bonchev–Trinajstić information content (AvgIpc) is 3.10. The number of benzene rings is 1. The van der Waals surface area contributed by atoms with Gasteiger partial charge in [0.15, 0.2) is 0 Å². The maximum Gasteiger partial charge on any atom is 0.250 e. The van der Waals surface area contributed by atoms with Crippen LogP contribution in [0.2, 0.25) is 0 Å². The molecule has 5 nitrogen and oxygen atoms in total. The van der Waals surface area contributed by atoms with Crippen LogP contribution in [0.5, 0.6) is 0 Å². The lowest BCUT2D eigenvalue weighted by atomic mass is 10.2. The molecule has 2 rings (SSSR count). The Morgan fingerprint density at radius 1 is 1.36 bits per heavy atom. The number of hydrogen-bond acceptors (Lipinski definition) is 5. The zero-order chi connectivity index (χ0) is 18.4. The molecule has 1 aromatic carbocycles. The summed E-state index contributed by atoms with van der Waals surface area (Å²) in [6.45, 7) is 1.62. The van der Waals surface area contributed by atoms with Crippen LogP contribution in [-0.4, -0.2) is 32.4 Å². The van der Waals surface area contributed by atoms with E-state index in [0.717, 1.165) is 11.3 Å². The van der Waals surface area contributed by atoms with Gasteiger partial charge in [0, 0.05) is 5.69 Å². The number of thiophene rings is 1. The first-order chi connectivity index (χ1) is 11.8. The van der Waals surface area contributed by atoms with Gasteiger partial charge in [0.1, 0.15) is 16.1 Å². The van der Waals surface area contributed by atoms with Gasteiger partial charge < -0.3 is 5.32 Å². The van der Waals surface area contributed by atoms with Gasteiger partial charge in [-0.05, 0) is 54.5 Å². The van der Waals surface area contributed by atoms with E-state index in [-0.39, 0.29) is 9.90 Å². The summed E-state index contributed by atoms with van der Waals surface area (Å²) in [6.07, 6.45) is 2.20. The monoisotopic (exact) mass is 402 g/mol. The van der Waals surface area contributed by atoms with Crippen molar-refractivity contribution in [2.75, 3.05) is 17.3 Å². The molecule has 2 aromatic rings. The van der Waals surface area contributed by atoms with E-state index in [1.807, 2.05) is 6.26 Å². The van der Waals surface area contributed by atoms with Crippen molar-refractivity contribution in [2.45, 2.75) is 23.6 Å². The topological polar surface area (TPSA) is 75.3 Å². The lowest BCUT2D eigenvalue weighted by Crippen LogP contribution is -2.43. The number of anilines is 1. The highest BCUT2D eigenvalue weighted by Crippen LogP contribution is 2.18. The minimum Gasteiger partial charge on any atom is -0.325 e. The smallest absolute Gasteiger partial charge is 0.250 e. The summed E-state index contributed by atoms with van der Waals surface area (Å²) in [5.74, 6) is -0.345. The van der Waals surface area contributed by atoms with Crippen molar-refractivity contribution in [2.24, 2.45) is 0 Å². The molecule has 0 bridgehead atoms. The number of halogens is 1. The van der Waals surface area contributed by atoms with Gasteiger partial charge in [0.25, 0.3) is 10.0 Å². The van der Waals surface area contributed by atoms with Gasteiger partial charge in [-0.3, -0.25) is 4.79 Å². The van der Waals surface area contributed by atoms with E-state index in [9.17, 15) is 17.6 Å². The molecule has 0 unspecified atom stereocenters. The third kappa shape index (κ3) is 5.53. The van der Waals surface area contributed by atoms with Crippen molar-refractivity contribution in [1.29, 1.82) is 0 Å². The molecule has 0 aliphatic rings. The van der Waals surface area contributed by atoms with Gasteiger partial charge in [0.05, 0.1) is 0 Å². The number of aryl methyl sites for hydroxylation is 1. The first-order valence-electron chi connectivity index (χ1n) is 7.45. The summed E-state index contributed by atoms with van der Waals surface area (Å²) in [7, 11) is -3.77. The van der Waals surface area contributed by atoms with Crippen molar-refractivity contribution < 1.29 is 17.6 Å². The van der Waals surface area contributed by atoms with Crippen LogP contribution in [0.25, 0.3) is 0 Å². The summed E-state index contributed by atoms with van der Waals surface area (Å²) in [5.41, 5.74) is 0.757. The Balaban J connectivity index is 2.15. The van der Waals surface area contributed by atoms with Gasteiger partial charge in [-0.1, -0.05) is 12.1 Å². The lowest BCUT2D eigenvalue weighted by molar-refractivity contribution is -0.117. The fourth-order valence-corrected chi connectivity index (χ4v) is 4.75. The Morgan fingerprint density at radius 2 is 2.12 bits per heavy atom. The first kappa shape index (κ1) is 19.9. The molecule has 0 radical (unpaired) electrons. The summed E-state index contributed by atoms with van der Waals surface area (Å²) in [5, 5.41) is 4.23. The second kappa shape index (κ2) is 8.79. The van der Waals surface area contributed by atoms with Gasteiger partial charge in [-0.15, -0.1) is 11.3 Å². The number of thioether (sulfide) groups is 1. The molecule has 1 amide bonds. The van der Waals surface area contributed by atoms with Crippen molar-refractivity contribution in [1.82, 2.24) is 4.72 Å². The number of rotatable bonds is 8. The number of hydrogen-bond donors (Lipinski definition) is 2. The normalized spacial score (nSPS) is 12.8. The predicted molar refractivity (Wildman–Crippen MR) is 101 cm³/mol. The maximum atomic E-state index is 13.6. The molecule has 2 N–H and O–H groups in total. The van der Waals surface area contributed by atoms with Crippen molar-refractivity contribution >= 4 is 44.7 Å². The highest BCUT2D eigenvalue weighted by atomic mass is 32.2. The van der Waals surface area contributed by atoms with Crippen LogP contribution in [0.15, 0.2) is 39.9 Å². The van der Waals surface area contributed by atoms with E-state index in [1.54, 1.807) is 30.5 Å². The van der Waals surface area contributed by atoms with E-state index in [1.165, 1.54) is 23.9 Å². The Labute approximate surface area is 155 Å². The molecule has 0 saturated heterocycles. The lowest BCUT2D eigenvalue weighted by Gasteiger charge is -2.18. The summed E-state index contributed by atoms with van der Waals surface area (Å²) >= 11 is 2.59. The first-order valence-corrected chi connectivity index (χ1v) is 11.2. The summed E-state index contributed by atoms with van der Waals surface area (Å²) < 4.78 is 41.0. The van der Waals surface area contributed by atoms with E-state index in [4.69, 9.17) is 0 Å². The zero-order valence-electron chi connectivity index (χ0n) is 13.8. The molecule has 0 aliphatic carbocycles. The molecular formula is C16H19FN2O3S3. The van der Waals surface area contributed by atoms with E-state index < -0.39 is 27.8 Å². The van der Waals surface area contributed by atoms with Crippen LogP contribution in [-0.2, 0) is 14.8 Å². The number of amides is 1. The Kier molecular flexibility index (Phi) is 7.00. The molecule has 0 fully saturated rings. The largest absolute Gasteiger partial charge is 0.325 e. The molecule has 0 saturated carbocycles.